The smallest absolute Gasteiger partial charge is 0.104 e. The van der Waals surface area contributed by atoms with Crippen LogP contribution in [0.5, 0.6) is 0 Å². The van der Waals surface area contributed by atoms with Crippen LogP contribution in [0.3, 0.4) is 0 Å². The molecule has 0 aromatic heterocycles. The highest BCUT2D eigenvalue weighted by atomic mass is 15.3. The maximum absolute atomic E-state index is 2.58. The summed E-state index contributed by atoms with van der Waals surface area (Å²) in [4.78, 5) is 0. The summed E-state index contributed by atoms with van der Waals surface area (Å²) in [6.45, 7) is 8.13. The highest BCUT2D eigenvalue weighted by molar-refractivity contribution is 5.41. The minimum atomic E-state index is 1.03. The maximum atomic E-state index is 2.58. The largest absolute Gasteiger partial charge is 0.327 e. The molecule has 0 bridgehead atoms. The van der Waals surface area contributed by atoms with Crippen LogP contribution < -0.4 is 0 Å². The first-order valence-corrected chi connectivity index (χ1v) is 21.9. The molecule has 276 valence electrons. The molecule has 0 fully saturated rings. The molecule has 0 saturated heterocycles. The minimum Gasteiger partial charge on any atom is -0.327 e. The summed E-state index contributed by atoms with van der Waals surface area (Å²) < 4.78 is 1.03. The zero-order valence-corrected chi connectivity index (χ0v) is 33.6. The van der Waals surface area contributed by atoms with Gasteiger partial charge in [0.15, 0.2) is 0 Å². The van der Waals surface area contributed by atoms with Gasteiger partial charge in [0.2, 0.25) is 0 Å². The molecule has 0 atom stereocenters. The molecule has 1 heteroatoms. The quantitative estimate of drug-likeness (QED) is 0.0505. The predicted molar refractivity (Wildman–Crippen MR) is 215 cm³/mol. The number of aryl methyl sites for hydroxylation is 1. The molecule has 47 heavy (non-hydrogen) atoms. The molecule has 0 radical (unpaired) electrons. The van der Waals surface area contributed by atoms with Crippen molar-refractivity contribution in [1.29, 1.82) is 0 Å². The summed E-state index contributed by atoms with van der Waals surface area (Å²) in [5, 5.41) is 0. The Hall–Kier alpha value is -0.820. The molecule has 0 N–H and O–H groups in total. The summed E-state index contributed by atoms with van der Waals surface area (Å²) in [5.41, 5.74) is 6.94. The van der Waals surface area contributed by atoms with Crippen molar-refractivity contribution < 1.29 is 4.48 Å². The molecule has 0 aliphatic carbocycles. The van der Waals surface area contributed by atoms with Crippen LogP contribution in [0.2, 0.25) is 0 Å². The van der Waals surface area contributed by atoms with E-state index in [0.717, 1.165) is 11.0 Å². The highest BCUT2D eigenvalue weighted by Gasteiger charge is 2.18. The lowest BCUT2D eigenvalue weighted by molar-refractivity contribution is -0.884. The number of unbranched alkanes of at least 4 members (excludes halogenated alkanes) is 27. The lowest BCUT2D eigenvalue weighted by Crippen LogP contribution is -2.34. The van der Waals surface area contributed by atoms with Gasteiger partial charge in [-0.25, -0.2) is 0 Å². The van der Waals surface area contributed by atoms with Crippen LogP contribution >= 0.6 is 0 Å². The average Bonchev–Trinajstić information content (AvgIpc) is 3.04. The monoisotopic (exact) mass is 655 g/mol. The van der Waals surface area contributed by atoms with Gasteiger partial charge in [0.1, 0.15) is 6.54 Å². The molecule has 0 amide bonds. The van der Waals surface area contributed by atoms with Crippen molar-refractivity contribution in [2.45, 2.75) is 239 Å². The third-order valence-electron chi connectivity index (χ3n) is 10.6. The molecule has 0 saturated carbocycles. The van der Waals surface area contributed by atoms with Crippen molar-refractivity contribution in [3.63, 3.8) is 0 Å². The Morgan fingerprint density at radius 3 is 0.894 bits per heavy atom. The third kappa shape index (κ3) is 25.8. The van der Waals surface area contributed by atoms with Crippen molar-refractivity contribution in [2.75, 3.05) is 21.1 Å². The SMILES string of the molecule is CCCCCCCCCCCCc1ccc(C[N+](C)(C)C)c(CCCCCCCCCCCC)c1CCCCCCCCCCCC. The minimum absolute atomic E-state index is 1.03. The molecule has 0 heterocycles. The van der Waals surface area contributed by atoms with Gasteiger partial charge in [-0.15, -0.1) is 0 Å². The number of benzene rings is 1. The Balaban J connectivity index is 2.77. The lowest BCUT2D eigenvalue weighted by atomic mass is 9.86. The first kappa shape index (κ1) is 44.2. The van der Waals surface area contributed by atoms with Gasteiger partial charge in [-0.05, 0) is 55.2 Å². The zero-order chi connectivity index (χ0) is 34.3. The first-order valence-electron chi connectivity index (χ1n) is 21.9. The molecular weight excluding hydrogens is 567 g/mol. The molecule has 1 rings (SSSR count). The number of hydrogen-bond donors (Lipinski definition) is 0. The van der Waals surface area contributed by atoms with E-state index in [4.69, 9.17) is 0 Å². The average molecular weight is 655 g/mol. The molecule has 0 aliphatic rings. The van der Waals surface area contributed by atoms with Crippen LogP contribution in [0.4, 0.5) is 0 Å². The van der Waals surface area contributed by atoms with Crippen molar-refractivity contribution in [2.24, 2.45) is 0 Å². The van der Waals surface area contributed by atoms with E-state index >= 15 is 0 Å². The predicted octanol–water partition coefficient (Wildman–Crippen LogP) is 15.3. The zero-order valence-electron chi connectivity index (χ0n) is 33.6. The van der Waals surface area contributed by atoms with Gasteiger partial charge in [0.05, 0.1) is 21.1 Å². The first-order chi connectivity index (χ1) is 22.9. The van der Waals surface area contributed by atoms with Crippen LogP contribution in [-0.4, -0.2) is 25.6 Å². The van der Waals surface area contributed by atoms with E-state index < -0.39 is 0 Å². The highest BCUT2D eigenvalue weighted by Crippen LogP contribution is 2.28. The van der Waals surface area contributed by atoms with Gasteiger partial charge >= 0.3 is 0 Å². The Bertz CT molecular complexity index is 802. The Labute approximate surface area is 298 Å². The summed E-state index contributed by atoms with van der Waals surface area (Å²) >= 11 is 0. The fourth-order valence-electron chi connectivity index (χ4n) is 7.69. The van der Waals surface area contributed by atoms with E-state index in [-0.39, 0.29) is 0 Å². The van der Waals surface area contributed by atoms with E-state index in [2.05, 4.69) is 54.0 Å². The second-order valence-electron chi connectivity index (χ2n) is 16.6. The molecule has 0 aliphatic heterocycles. The third-order valence-corrected chi connectivity index (χ3v) is 10.6. The van der Waals surface area contributed by atoms with E-state index in [0.29, 0.717) is 0 Å². The van der Waals surface area contributed by atoms with Gasteiger partial charge in [-0.2, -0.15) is 0 Å². The fraction of sp³-hybridized carbons (Fsp3) is 0.870. The van der Waals surface area contributed by atoms with Crippen LogP contribution in [-0.2, 0) is 25.8 Å². The van der Waals surface area contributed by atoms with Crippen LogP contribution in [0.1, 0.15) is 236 Å². The van der Waals surface area contributed by atoms with Crippen molar-refractivity contribution in [3.05, 3.63) is 34.4 Å². The van der Waals surface area contributed by atoms with E-state index in [1.54, 1.807) is 22.3 Å². The van der Waals surface area contributed by atoms with Crippen molar-refractivity contribution >= 4 is 0 Å². The second-order valence-corrected chi connectivity index (χ2v) is 16.6. The summed E-state index contributed by atoms with van der Waals surface area (Å²) in [7, 11) is 7.14. The fourth-order valence-corrected chi connectivity index (χ4v) is 7.69. The van der Waals surface area contributed by atoms with Crippen LogP contribution in [0.25, 0.3) is 0 Å². The number of hydrogen-bond acceptors (Lipinski definition) is 0. The molecule has 0 unspecified atom stereocenters. The molecular formula is C46H88N+. The second kappa shape index (κ2) is 31.2. The number of rotatable bonds is 35. The van der Waals surface area contributed by atoms with Crippen molar-refractivity contribution in [1.82, 2.24) is 0 Å². The van der Waals surface area contributed by atoms with Crippen molar-refractivity contribution in [3.8, 4) is 0 Å². The van der Waals surface area contributed by atoms with Crippen LogP contribution in [0.15, 0.2) is 12.1 Å². The topological polar surface area (TPSA) is 0 Å². The van der Waals surface area contributed by atoms with Gasteiger partial charge in [-0.1, -0.05) is 206 Å². The maximum Gasteiger partial charge on any atom is 0.104 e. The standard InChI is InChI=1S/C46H88N/c1-7-10-13-16-19-22-25-28-31-34-37-43-40-41-44(42-47(4,5)6)46(39-36-33-30-27-24-21-18-15-12-9-3)45(43)38-35-32-29-26-23-20-17-14-11-8-2/h40-41H,7-39,42H2,1-6H3/q+1. The van der Waals surface area contributed by atoms with Gasteiger partial charge in [-0.3, -0.25) is 0 Å². The molecule has 1 aromatic carbocycles. The Morgan fingerprint density at radius 2 is 0.574 bits per heavy atom. The summed E-state index contributed by atoms with van der Waals surface area (Å²) in [6, 6.07) is 5.13. The Kier molecular flexibility index (Phi) is 29.3. The molecule has 0 spiro atoms. The van der Waals surface area contributed by atoms with Gasteiger partial charge in [0.25, 0.3) is 0 Å². The molecule has 1 aromatic rings. The normalized spacial score (nSPS) is 12.0. The number of quaternary nitrogens is 1. The van der Waals surface area contributed by atoms with Crippen LogP contribution in [0, 0.1) is 0 Å². The van der Waals surface area contributed by atoms with Gasteiger partial charge in [0, 0.05) is 5.56 Å². The van der Waals surface area contributed by atoms with E-state index in [9.17, 15) is 0 Å². The van der Waals surface area contributed by atoms with E-state index in [1.165, 1.54) is 212 Å². The number of nitrogens with zero attached hydrogens (tertiary/aromatic N) is 1. The Morgan fingerprint density at radius 1 is 0.319 bits per heavy atom. The lowest BCUT2D eigenvalue weighted by Gasteiger charge is -2.27. The summed E-state index contributed by atoms with van der Waals surface area (Å²) in [5.74, 6) is 0. The van der Waals surface area contributed by atoms with Gasteiger partial charge < -0.3 is 4.48 Å². The summed E-state index contributed by atoms with van der Waals surface area (Å²) in [6.07, 6.45) is 46.8. The molecule has 1 nitrogen and oxygen atoms in total. The van der Waals surface area contributed by atoms with E-state index in [1.807, 2.05) is 0 Å².